The molecule has 6 nitrogen and oxygen atoms in total. The summed E-state index contributed by atoms with van der Waals surface area (Å²) in [6.45, 7) is 2.84. The van der Waals surface area contributed by atoms with Gasteiger partial charge in [0.25, 0.3) is 0 Å². The molecule has 2 fully saturated rings. The second kappa shape index (κ2) is 7.88. The molecule has 2 amide bonds. The molecule has 2 heterocycles. The first-order valence-electron chi connectivity index (χ1n) is 9.30. The Kier molecular flexibility index (Phi) is 5.58. The Bertz CT molecular complexity index is 690. The summed E-state index contributed by atoms with van der Waals surface area (Å²) < 4.78 is 0. The zero-order chi connectivity index (χ0) is 18.6. The van der Waals surface area contributed by atoms with Crippen molar-refractivity contribution in [3.05, 3.63) is 35.9 Å². The molecule has 0 unspecified atom stereocenters. The van der Waals surface area contributed by atoms with Crippen molar-refractivity contribution in [3.63, 3.8) is 0 Å². The van der Waals surface area contributed by atoms with Gasteiger partial charge in [0.1, 0.15) is 0 Å². The standard InChI is InChI=1S/C20H26N4O2/c21-15-20(17-6-2-1-3-7-17)8-11-24(12-9-20)19(26)16-5-4-10-23(13-16)14-18(22)25/h1-3,6-7,16H,4-5,8-14H2,(H2,22,25)/t16-/m0/s1. The molecule has 0 aliphatic carbocycles. The van der Waals surface area contributed by atoms with Gasteiger partial charge >= 0.3 is 0 Å². The van der Waals surface area contributed by atoms with Crippen molar-refractivity contribution in [3.8, 4) is 6.07 Å². The average Bonchev–Trinajstić information content (AvgIpc) is 2.68. The Hall–Kier alpha value is -2.39. The van der Waals surface area contributed by atoms with Crippen LogP contribution < -0.4 is 5.73 Å². The maximum absolute atomic E-state index is 12.9. The number of rotatable bonds is 4. The van der Waals surface area contributed by atoms with E-state index in [0.29, 0.717) is 32.5 Å². The predicted octanol–water partition coefficient (Wildman–Crippen LogP) is 1.27. The van der Waals surface area contributed by atoms with Gasteiger partial charge in [-0.2, -0.15) is 5.26 Å². The molecular weight excluding hydrogens is 328 g/mol. The molecule has 0 saturated carbocycles. The van der Waals surface area contributed by atoms with Gasteiger partial charge in [-0.1, -0.05) is 30.3 Å². The first-order valence-corrected chi connectivity index (χ1v) is 9.30. The SMILES string of the molecule is N#CC1(c2ccccc2)CCN(C(=O)[C@H]2CCCN(CC(N)=O)C2)CC1. The second-order valence-electron chi connectivity index (χ2n) is 7.43. The number of likely N-dealkylation sites (tertiary alicyclic amines) is 2. The molecule has 3 rings (SSSR count). The lowest BCUT2D eigenvalue weighted by Crippen LogP contribution is -2.50. The number of benzene rings is 1. The van der Waals surface area contributed by atoms with Gasteiger partial charge in [0.15, 0.2) is 0 Å². The molecule has 1 aromatic carbocycles. The summed E-state index contributed by atoms with van der Waals surface area (Å²) in [4.78, 5) is 27.9. The van der Waals surface area contributed by atoms with Crippen molar-refractivity contribution in [2.75, 3.05) is 32.7 Å². The van der Waals surface area contributed by atoms with Gasteiger partial charge in [0.2, 0.25) is 11.8 Å². The topological polar surface area (TPSA) is 90.4 Å². The number of primary amides is 1. The second-order valence-corrected chi connectivity index (χ2v) is 7.43. The molecule has 2 N–H and O–H groups in total. The Morgan fingerprint density at radius 3 is 2.50 bits per heavy atom. The fraction of sp³-hybridized carbons (Fsp3) is 0.550. The van der Waals surface area contributed by atoms with Crippen LogP contribution in [0.15, 0.2) is 30.3 Å². The maximum atomic E-state index is 12.9. The highest BCUT2D eigenvalue weighted by Crippen LogP contribution is 2.35. The van der Waals surface area contributed by atoms with E-state index in [1.165, 1.54) is 0 Å². The highest BCUT2D eigenvalue weighted by atomic mass is 16.2. The number of nitriles is 1. The molecule has 0 aromatic heterocycles. The fourth-order valence-electron chi connectivity index (χ4n) is 4.21. The van der Waals surface area contributed by atoms with Crippen molar-refractivity contribution in [1.82, 2.24) is 9.80 Å². The van der Waals surface area contributed by atoms with Crippen LogP contribution >= 0.6 is 0 Å². The zero-order valence-electron chi connectivity index (χ0n) is 15.1. The summed E-state index contributed by atoms with van der Waals surface area (Å²) in [5.74, 6) is -0.272. The molecule has 0 radical (unpaired) electrons. The fourth-order valence-corrected chi connectivity index (χ4v) is 4.21. The molecule has 0 bridgehead atoms. The van der Waals surface area contributed by atoms with Crippen LogP contribution in [0.25, 0.3) is 0 Å². The van der Waals surface area contributed by atoms with Crippen LogP contribution in [0.3, 0.4) is 0 Å². The largest absolute Gasteiger partial charge is 0.369 e. The maximum Gasteiger partial charge on any atom is 0.231 e. The minimum absolute atomic E-state index is 0.0746. The summed E-state index contributed by atoms with van der Waals surface area (Å²) in [5.41, 5.74) is 5.83. The normalized spacial score (nSPS) is 23.2. The summed E-state index contributed by atoms with van der Waals surface area (Å²) in [6, 6.07) is 12.4. The van der Waals surface area contributed by atoms with Crippen LogP contribution in [-0.2, 0) is 15.0 Å². The van der Waals surface area contributed by atoms with E-state index in [9.17, 15) is 14.9 Å². The summed E-state index contributed by atoms with van der Waals surface area (Å²) >= 11 is 0. The number of hydrogen-bond donors (Lipinski definition) is 1. The van der Waals surface area contributed by atoms with E-state index in [0.717, 1.165) is 24.9 Å². The molecule has 2 aliphatic rings. The quantitative estimate of drug-likeness (QED) is 0.881. The summed E-state index contributed by atoms with van der Waals surface area (Å²) in [6.07, 6.45) is 3.09. The molecule has 26 heavy (non-hydrogen) atoms. The molecular formula is C20H26N4O2. The Balaban J connectivity index is 1.61. The van der Waals surface area contributed by atoms with Crippen molar-refractivity contribution in [2.24, 2.45) is 11.7 Å². The van der Waals surface area contributed by atoms with Gasteiger partial charge in [0.05, 0.1) is 23.9 Å². The van der Waals surface area contributed by atoms with Crippen LogP contribution in [0.4, 0.5) is 0 Å². The van der Waals surface area contributed by atoms with Crippen molar-refractivity contribution >= 4 is 11.8 Å². The van der Waals surface area contributed by atoms with Gasteiger partial charge in [-0.25, -0.2) is 0 Å². The van der Waals surface area contributed by atoms with E-state index in [1.54, 1.807) is 0 Å². The van der Waals surface area contributed by atoms with E-state index in [4.69, 9.17) is 5.73 Å². The highest BCUT2D eigenvalue weighted by molar-refractivity contribution is 5.80. The molecule has 2 aliphatic heterocycles. The zero-order valence-corrected chi connectivity index (χ0v) is 15.1. The number of nitrogens with zero attached hydrogens (tertiary/aromatic N) is 3. The monoisotopic (exact) mass is 354 g/mol. The van der Waals surface area contributed by atoms with Crippen LogP contribution in [-0.4, -0.2) is 54.3 Å². The Labute approximate surface area is 154 Å². The highest BCUT2D eigenvalue weighted by Gasteiger charge is 2.39. The minimum Gasteiger partial charge on any atom is -0.369 e. The summed E-state index contributed by atoms with van der Waals surface area (Å²) in [5, 5.41) is 9.78. The third kappa shape index (κ3) is 3.88. The molecule has 0 spiro atoms. The van der Waals surface area contributed by atoms with Crippen molar-refractivity contribution < 1.29 is 9.59 Å². The molecule has 2 saturated heterocycles. The molecule has 6 heteroatoms. The predicted molar refractivity (Wildman–Crippen MR) is 97.9 cm³/mol. The first kappa shape index (κ1) is 18.4. The average molecular weight is 354 g/mol. The number of hydrogen-bond acceptors (Lipinski definition) is 4. The van der Waals surface area contributed by atoms with Crippen molar-refractivity contribution in [2.45, 2.75) is 31.1 Å². The van der Waals surface area contributed by atoms with Crippen LogP contribution in [0, 0.1) is 17.2 Å². The lowest BCUT2D eigenvalue weighted by Gasteiger charge is -2.40. The number of carbonyl (C=O) groups excluding carboxylic acids is 2. The van der Waals surface area contributed by atoms with Crippen LogP contribution in [0.5, 0.6) is 0 Å². The van der Waals surface area contributed by atoms with Crippen LogP contribution in [0.1, 0.15) is 31.2 Å². The minimum atomic E-state index is -0.497. The van der Waals surface area contributed by atoms with E-state index in [2.05, 4.69) is 6.07 Å². The van der Waals surface area contributed by atoms with E-state index in [-0.39, 0.29) is 24.3 Å². The Morgan fingerprint density at radius 1 is 1.19 bits per heavy atom. The van der Waals surface area contributed by atoms with Gasteiger partial charge in [0, 0.05) is 19.6 Å². The Morgan fingerprint density at radius 2 is 1.88 bits per heavy atom. The molecule has 1 atom stereocenters. The third-order valence-corrected chi connectivity index (χ3v) is 5.70. The van der Waals surface area contributed by atoms with Gasteiger partial charge in [-0.15, -0.1) is 0 Å². The lowest BCUT2D eigenvalue weighted by molar-refractivity contribution is -0.139. The summed E-state index contributed by atoms with van der Waals surface area (Å²) in [7, 11) is 0. The smallest absolute Gasteiger partial charge is 0.231 e. The van der Waals surface area contributed by atoms with Gasteiger partial charge in [-0.05, 0) is 37.8 Å². The van der Waals surface area contributed by atoms with E-state index >= 15 is 0 Å². The van der Waals surface area contributed by atoms with Gasteiger partial charge in [-0.3, -0.25) is 14.5 Å². The molecule has 138 valence electrons. The first-order chi connectivity index (χ1) is 12.5. The van der Waals surface area contributed by atoms with E-state index < -0.39 is 5.41 Å². The van der Waals surface area contributed by atoms with E-state index in [1.807, 2.05) is 40.1 Å². The number of carbonyl (C=O) groups is 2. The van der Waals surface area contributed by atoms with Crippen LogP contribution in [0.2, 0.25) is 0 Å². The number of nitrogens with two attached hydrogens (primary N) is 1. The lowest BCUT2D eigenvalue weighted by atomic mass is 9.74. The van der Waals surface area contributed by atoms with Crippen molar-refractivity contribution in [1.29, 1.82) is 5.26 Å². The van der Waals surface area contributed by atoms with Gasteiger partial charge < -0.3 is 10.6 Å². The molecule has 1 aromatic rings. The number of piperidine rings is 2. The third-order valence-electron chi connectivity index (χ3n) is 5.70. The number of amides is 2.